The van der Waals surface area contributed by atoms with Crippen LogP contribution in [-0.2, 0) is 17.9 Å². The summed E-state index contributed by atoms with van der Waals surface area (Å²) in [6, 6.07) is 7.85. The lowest BCUT2D eigenvalue weighted by atomic mass is 9.95. The summed E-state index contributed by atoms with van der Waals surface area (Å²) in [5.74, 6) is 0.751. The molecule has 0 atom stereocenters. The highest BCUT2D eigenvalue weighted by molar-refractivity contribution is 6.06. The molecule has 1 saturated carbocycles. The first-order chi connectivity index (χ1) is 15.1. The average molecular weight is 420 g/mol. The Morgan fingerprint density at radius 3 is 2.81 bits per heavy atom. The molecule has 1 aliphatic rings. The van der Waals surface area contributed by atoms with Crippen molar-refractivity contribution in [2.45, 2.75) is 58.2 Å². The molecule has 0 spiro atoms. The third-order valence-electron chi connectivity index (χ3n) is 5.88. The van der Waals surface area contributed by atoms with Crippen molar-refractivity contribution in [3.8, 4) is 0 Å². The van der Waals surface area contributed by atoms with Gasteiger partial charge >= 0.3 is 0 Å². The van der Waals surface area contributed by atoms with Crippen LogP contribution in [0, 0.1) is 6.92 Å². The molecule has 9 nitrogen and oxygen atoms in total. The van der Waals surface area contributed by atoms with Crippen molar-refractivity contribution < 1.29 is 9.32 Å². The summed E-state index contributed by atoms with van der Waals surface area (Å²) in [4.78, 5) is 35.0. The van der Waals surface area contributed by atoms with Crippen LogP contribution in [0.1, 0.15) is 43.8 Å². The summed E-state index contributed by atoms with van der Waals surface area (Å²) in [6.07, 6.45) is 7.02. The summed E-state index contributed by atoms with van der Waals surface area (Å²) in [5, 5.41) is 7.76. The Morgan fingerprint density at radius 2 is 2.03 bits per heavy atom. The van der Waals surface area contributed by atoms with Gasteiger partial charge in [0.25, 0.3) is 5.56 Å². The molecule has 31 heavy (non-hydrogen) atoms. The highest BCUT2D eigenvalue weighted by atomic mass is 16.5. The van der Waals surface area contributed by atoms with E-state index < -0.39 is 0 Å². The first-order valence-electron chi connectivity index (χ1n) is 10.6. The third kappa shape index (κ3) is 3.71. The van der Waals surface area contributed by atoms with Crippen LogP contribution >= 0.6 is 0 Å². The van der Waals surface area contributed by atoms with Crippen LogP contribution < -0.4 is 10.9 Å². The van der Waals surface area contributed by atoms with E-state index in [-0.39, 0.29) is 30.6 Å². The second-order valence-corrected chi connectivity index (χ2v) is 8.12. The fraction of sp³-hybridized carbons (Fsp3) is 0.409. The fourth-order valence-electron chi connectivity index (χ4n) is 4.44. The van der Waals surface area contributed by atoms with Crippen molar-refractivity contribution in [1.82, 2.24) is 29.6 Å². The largest absolute Gasteiger partial charge is 0.352 e. The van der Waals surface area contributed by atoms with E-state index in [2.05, 4.69) is 20.4 Å². The maximum absolute atomic E-state index is 13.4. The number of aryl methyl sites for hydroxylation is 1. The molecule has 1 fully saturated rings. The molecule has 0 aliphatic heterocycles. The summed E-state index contributed by atoms with van der Waals surface area (Å²) < 4.78 is 8.36. The van der Waals surface area contributed by atoms with Crippen molar-refractivity contribution in [2.24, 2.45) is 0 Å². The van der Waals surface area contributed by atoms with Crippen LogP contribution in [0.5, 0.6) is 0 Å². The zero-order valence-electron chi connectivity index (χ0n) is 17.4. The number of carbonyl (C=O) groups excluding carboxylic acids is 1. The number of nitrogens with zero attached hydrogens (tertiary/aromatic N) is 5. The molecule has 4 aromatic rings. The van der Waals surface area contributed by atoms with Gasteiger partial charge in [-0.25, -0.2) is 4.98 Å². The molecule has 0 unspecified atom stereocenters. The van der Waals surface area contributed by atoms with Crippen LogP contribution in [0.15, 0.2) is 39.9 Å². The Bertz CT molecular complexity index is 1310. The maximum atomic E-state index is 13.4. The Labute approximate surface area is 178 Å². The molecule has 9 heteroatoms. The normalized spacial score (nSPS) is 15.0. The Hall–Kier alpha value is -3.49. The van der Waals surface area contributed by atoms with Gasteiger partial charge in [-0.1, -0.05) is 42.6 Å². The lowest BCUT2D eigenvalue weighted by Crippen LogP contribution is -2.38. The number of carbonyl (C=O) groups is 1. The fourth-order valence-corrected chi connectivity index (χ4v) is 4.44. The van der Waals surface area contributed by atoms with Crippen LogP contribution in [0.25, 0.3) is 21.9 Å². The highest BCUT2D eigenvalue weighted by Gasteiger charge is 2.21. The highest BCUT2D eigenvalue weighted by Crippen LogP contribution is 2.25. The van der Waals surface area contributed by atoms with Crippen molar-refractivity contribution >= 4 is 27.8 Å². The first kappa shape index (κ1) is 19.5. The molecule has 3 aromatic heterocycles. The number of amides is 1. The molecule has 1 aromatic carbocycles. The second-order valence-electron chi connectivity index (χ2n) is 8.12. The van der Waals surface area contributed by atoms with Crippen LogP contribution in [-0.4, -0.2) is 36.2 Å². The first-order valence-corrected chi connectivity index (χ1v) is 10.6. The van der Waals surface area contributed by atoms with Crippen LogP contribution in [0.4, 0.5) is 0 Å². The number of hydrogen-bond acceptors (Lipinski definition) is 6. The number of nitrogens with one attached hydrogen (secondary N) is 1. The Morgan fingerprint density at radius 1 is 1.23 bits per heavy atom. The number of rotatable bonds is 5. The van der Waals surface area contributed by atoms with Crippen molar-refractivity contribution in [1.29, 1.82) is 0 Å². The molecule has 0 bridgehead atoms. The molecule has 160 valence electrons. The third-order valence-corrected chi connectivity index (χ3v) is 5.88. The predicted molar refractivity (Wildman–Crippen MR) is 115 cm³/mol. The zero-order chi connectivity index (χ0) is 21.4. The van der Waals surface area contributed by atoms with Gasteiger partial charge in [-0.2, -0.15) is 4.98 Å². The zero-order valence-corrected chi connectivity index (χ0v) is 17.4. The molecule has 3 heterocycles. The van der Waals surface area contributed by atoms with Gasteiger partial charge in [0.1, 0.15) is 24.1 Å². The Balaban J connectivity index is 1.55. The molecule has 1 amide bonds. The average Bonchev–Trinajstić information content (AvgIpc) is 3.32. The minimum absolute atomic E-state index is 0.0705. The van der Waals surface area contributed by atoms with E-state index >= 15 is 0 Å². The Kier molecular flexibility index (Phi) is 5.01. The van der Waals surface area contributed by atoms with Crippen molar-refractivity contribution in [2.75, 3.05) is 0 Å². The standard InChI is InChI=1S/C22H24N6O3/c1-14-24-19(31-26-14)12-27-13-23-20-16-9-5-6-10-17(16)28(21(20)22(27)30)11-18(29)25-15-7-3-2-4-8-15/h5-6,9-10,13,15H,2-4,7-8,11-12H2,1H3,(H,25,29). The molecule has 0 saturated heterocycles. The predicted octanol–water partition coefficient (Wildman–Crippen LogP) is 2.54. The van der Waals surface area contributed by atoms with E-state index in [9.17, 15) is 9.59 Å². The number of fused-ring (bicyclic) bond motifs is 3. The minimum Gasteiger partial charge on any atom is -0.352 e. The lowest BCUT2D eigenvalue weighted by Gasteiger charge is -2.23. The number of hydrogen-bond donors (Lipinski definition) is 1. The summed E-state index contributed by atoms with van der Waals surface area (Å²) >= 11 is 0. The molecular formula is C22H24N6O3. The van der Waals surface area contributed by atoms with Gasteiger partial charge in [0.15, 0.2) is 5.82 Å². The van der Waals surface area contributed by atoms with Crippen LogP contribution in [0.2, 0.25) is 0 Å². The second kappa shape index (κ2) is 7.98. The van der Waals surface area contributed by atoms with E-state index in [0.717, 1.165) is 36.6 Å². The number of para-hydroxylation sites is 1. The van der Waals surface area contributed by atoms with E-state index in [1.165, 1.54) is 17.3 Å². The van der Waals surface area contributed by atoms with E-state index in [1.807, 2.05) is 24.3 Å². The number of aromatic nitrogens is 5. The monoisotopic (exact) mass is 420 g/mol. The summed E-state index contributed by atoms with van der Waals surface area (Å²) in [6.45, 7) is 1.92. The molecule has 0 radical (unpaired) electrons. The van der Waals surface area contributed by atoms with Gasteiger partial charge in [-0.15, -0.1) is 0 Å². The lowest BCUT2D eigenvalue weighted by molar-refractivity contribution is -0.122. The van der Waals surface area contributed by atoms with Gasteiger partial charge in [-0.05, 0) is 25.8 Å². The van der Waals surface area contributed by atoms with Crippen molar-refractivity contribution in [3.63, 3.8) is 0 Å². The van der Waals surface area contributed by atoms with E-state index in [0.29, 0.717) is 22.7 Å². The summed E-state index contributed by atoms with van der Waals surface area (Å²) in [7, 11) is 0. The van der Waals surface area contributed by atoms with E-state index in [4.69, 9.17) is 4.52 Å². The SMILES string of the molecule is Cc1noc(Cn2cnc3c4ccccc4n(CC(=O)NC4CCCCC4)c3c2=O)n1. The quantitative estimate of drug-likeness (QED) is 0.532. The van der Waals surface area contributed by atoms with Crippen molar-refractivity contribution in [3.05, 3.63) is 52.7 Å². The summed E-state index contributed by atoms with van der Waals surface area (Å²) in [5.41, 5.74) is 1.55. The minimum atomic E-state index is -0.248. The smallest absolute Gasteiger partial charge is 0.278 e. The van der Waals surface area contributed by atoms with E-state index in [1.54, 1.807) is 11.5 Å². The van der Waals surface area contributed by atoms with Gasteiger partial charge < -0.3 is 14.4 Å². The van der Waals surface area contributed by atoms with Gasteiger partial charge in [0.2, 0.25) is 11.8 Å². The molecule has 5 rings (SSSR count). The topological polar surface area (TPSA) is 108 Å². The molecular weight excluding hydrogens is 396 g/mol. The number of benzene rings is 1. The van der Waals surface area contributed by atoms with Gasteiger partial charge in [0, 0.05) is 11.4 Å². The molecule has 1 aliphatic carbocycles. The van der Waals surface area contributed by atoms with Crippen LogP contribution in [0.3, 0.4) is 0 Å². The maximum Gasteiger partial charge on any atom is 0.278 e. The van der Waals surface area contributed by atoms with Gasteiger partial charge in [0.05, 0.1) is 11.8 Å². The van der Waals surface area contributed by atoms with Gasteiger partial charge in [-0.3, -0.25) is 14.2 Å². The molecule has 1 N–H and O–H groups in total.